The van der Waals surface area contributed by atoms with E-state index in [1.807, 2.05) is 38.1 Å². The Morgan fingerprint density at radius 1 is 1.23 bits per heavy atom. The Bertz CT molecular complexity index is 505. The normalized spacial score (nSPS) is 16.4. The molecule has 2 rings (SSSR count). The highest BCUT2D eigenvalue weighted by Gasteiger charge is 2.13. The molecule has 0 saturated carbocycles. The van der Waals surface area contributed by atoms with Gasteiger partial charge in [-0.1, -0.05) is 6.42 Å². The minimum atomic E-state index is -0.0489. The molecule has 5 heteroatoms. The Balaban J connectivity index is 1.84. The Hall–Kier alpha value is -1.88. The van der Waals surface area contributed by atoms with Crippen molar-refractivity contribution in [3.63, 3.8) is 0 Å². The van der Waals surface area contributed by atoms with E-state index in [1.54, 1.807) is 0 Å². The van der Waals surface area contributed by atoms with Crippen LogP contribution in [0.4, 0.5) is 0 Å². The van der Waals surface area contributed by atoms with Crippen molar-refractivity contribution in [2.45, 2.75) is 33.1 Å². The molecular formula is C17H25N3O2. The predicted octanol–water partition coefficient (Wildman–Crippen LogP) is 2.41. The quantitative estimate of drug-likeness (QED) is 0.648. The molecule has 0 radical (unpaired) electrons. The third kappa shape index (κ3) is 5.15. The van der Waals surface area contributed by atoms with Gasteiger partial charge in [0.15, 0.2) is 0 Å². The van der Waals surface area contributed by atoms with Crippen molar-refractivity contribution in [2.75, 3.05) is 26.2 Å². The van der Waals surface area contributed by atoms with Crippen LogP contribution in [0.25, 0.3) is 0 Å². The lowest BCUT2D eigenvalue weighted by atomic mass is 10.1. The SMILES string of the molecule is CCOc1ccc(/C(C)=N\NC(=O)CN2CCCCC2)cc1. The molecule has 1 aliphatic rings. The zero-order valence-corrected chi connectivity index (χ0v) is 13.5. The van der Waals surface area contributed by atoms with Gasteiger partial charge in [-0.25, -0.2) is 5.43 Å². The standard InChI is InChI=1S/C17H25N3O2/c1-3-22-16-9-7-15(8-10-16)14(2)18-19-17(21)13-20-11-5-4-6-12-20/h7-10H,3-6,11-13H2,1-2H3,(H,19,21)/b18-14-. The van der Waals surface area contributed by atoms with Crippen LogP contribution < -0.4 is 10.2 Å². The van der Waals surface area contributed by atoms with E-state index in [0.717, 1.165) is 30.1 Å². The van der Waals surface area contributed by atoms with Crippen LogP contribution in [0.2, 0.25) is 0 Å². The van der Waals surface area contributed by atoms with Gasteiger partial charge >= 0.3 is 0 Å². The number of piperidine rings is 1. The number of carbonyl (C=O) groups excluding carboxylic acids is 1. The number of hydrogen-bond donors (Lipinski definition) is 1. The number of carbonyl (C=O) groups is 1. The van der Waals surface area contributed by atoms with E-state index in [2.05, 4.69) is 15.4 Å². The van der Waals surface area contributed by atoms with Gasteiger partial charge in [0, 0.05) is 0 Å². The molecule has 5 nitrogen and oxygen atoms in total. The van der Waals surface area contributed by atoms with Gasteiger partial charge in [-0.05, 0) is 69.6 Å². The van der Waals surface area contributed by atoms with Gasteiger partial charge in [0.1, 0.15) is 5.75 Å². The molecule has 0 unspecified atom stereocenters. The third-order valence-electron chi connectivity index (χ3n) is 3.75. The highest BCUT2D eigenvalue weighted by atomic mass is 16.5. The molecule has 0 atom stereocenters. The van der Waals surface area contributed by atoms with Crippen LogP contribution in [0.1, 0.15) is 38.7 Å². The molecule has 0 spiro atoms. The number of hydrazone groups is 1. The van der Waals surface area contributed by atoms with Gasteiger partial charge in [0.05, 0.1) is 18.9 Å². The predicted molar refractivity (Wildman–Crippen MR) is 88.3 cm³/mol. The molecule has 120 valence electrons. The first-order valence-electron chi connectivity index (χ1n) is 7.97. The first-order valence-corrected chi connectivity index (χ1v) is 7.97. The Labute approximate surface area is 132 Å². The summed E-state index contributed by atoms with van der Waals surface area (Å²) in [5.74, 6) is 0.792. The highest BCUT2D eigenvalue weighted by molar-refractivity contribution is 5.99. The summed E-state index contributed by atoms with van der Waals surface area (Å²) >= 11 is 0. The van der Waals surface area contributed by atoms with E-state index in [9.17, 15) is 4.79 Å². The molecule has 22 heavy (non-hydrogen) atoms. The lowest BCUT2D eigenvalue weighted by Crippen LogP contribution is -2.38. The fourth-order valence-corrected chi connectivity index (χ4v) is 2.53. The van der Waals surface area contributed by atoms with Crippen LogP contribution in [-0.2, 0) is 4.79 Å². The van der Waals surface area contributed by atoms with Gasteiger partial charge in [0.2, 0.25) is 0 Å². The molecule has 1 aromatic rings. The number of nitrogens with one attached hydrogen (secondary N) is 1. The maximum Gasteiger partial charge on any atom is 0.254 e. The number of rotatable bonds is 6. The summed E-state index contributed by atoms with van der Waals surface area (Å²) in [5.41, 5.74) is 4.40. The summed E-state index contributed by atoms with van der Waals surface area (Å²) in [4.78, 5) is 14.1. The number of nitrogens with zero attached hydrogens (tertiary/aromatic N) is 2. The van der Waals surface area contributed by atoms with E-state index < -0.39 is 0 Å². The Kier molecular flexibility index (Phi) is 6.40. The first kappa shape index (κ1) is 16.5. The maximum absolute atomic E-state index is 11.9. The van der Waals surface area contributed by atoms with Crippen molar-refractivity contribution in [1.82, 2.24) is 10.3 Å². The smallest absolute Gasteiger partial charge is 0.254 e. The van der Waals surface area contributed by atoms with Crippen molar-refractivity contribution in [2.24, 2.45) is 5.10 Å². The van der Waals surface area contributed by atoms with Crippen LogP contribution in [0.15, 0.2) is 29.4 Å². The van der Waals surface area contributed by atoms with E-state index in [1.165, 1.54) is 19.3 Å². The van der Waals surface area contributed by atoms with Crippen molar-refractivity contribution in [3.05, 3.63) is 29.8 Å². The molecule has 0 aliphatic carbocycles. The van der Waals surface area contributed by atoms with E-state index in [0.29, 0.717) is 13.2 Å². The van der Waals surface area contributed by atoms with Gasteiger partial charge < -0.3 is 4.74 Å². The second-order valence-corrected chi connectivity index (χ2v) is 5.53. The van der Waals surface area contributed by atoms with Gasteiger partial charge in [-0.2, -0.15) is 5.10 Å². The summed E-state index contributed by atoms with van der Waals surface area (Å²) in [6.07, 6.45) is 3.64. The van der Waals surface area contributed by atoms with Crippen molar-refractivity contribution in [3.8, 4) is 5.75 Å². The molecule has 0 aromatic heterocycles. The first-order chi connectivity index (χ1) is 10.7. The molecule has 1 fully saturated rings. The highest BCUT2D eigenvalue weighted by Crippen LogP contribution is 2.12. The van der Waals surface area contributed by atoms with Crippen LogP contribution in [0, 0.1) is 0 Å². The van der Waals surface area contributed by atoms with E-state index in [-0.39, 0.29) is 5.91 Å². The number of ether oxygens (including phenoxy) is 1. The van der Waals surface area contributed by atoms with Crippen LogP contribution in [-0.4, -0.2) is 42.8 Å². The second kappa shape index (κ2) is 8.54. The monoisotopic (exact) mass is 303 g/mol. The Morgan fingerprint density at radius 2 is 1.91 bits per heavy atom. The molecular weight excluding hydrogens is 278 g/mol. The molecule has 1 N–H and O–H groups in total. The lowest BCUT2D eigenvalue weighted by molar-refractivity contribution is -0.122. The molecule has 0 bridgehead atoms. The molecule has 1 amide bonds. The van der Waals surface area contributed by atoms with Gasteiger partial charge in [-0.3, -0.25) is 9.69 Å². The van der Waals surface area contributed by atoms with E-state index >= 15 is 0 Å². The largest absolute Gasteiger partial charge is 0.494 e. The molecule has 1 saturated heterocycles. The molecule has 1 aliphatic heterocycles. The average Bonchev–Trinajstić information content (AvgIpc) is 2.54. The lowest BCUT2D eigenvalue weighted by Gasteiger charge is -2.25. The summed E-state index contributed by atoms with van der Waals surface area (Å²) in [6, 6.07) is 7.71. The van der Waals surface area contributed by atoms with Crippen LogP contribution in [0.5, 0.6) is 5.75 Å². The molecule has 1 aromatic carbocycles. The van der Waals surface area contributed by atoms with E-state index in [4.69, 9.17) is 4.74 Å². The minimum absolute atomic E-state index is 0.0489. The van der Waals surface area contributed by atoms with Crippen LogP contribution >= 0.6 is 0 Å². The number of amides is 1. The fraction of sp³-hybridized carbons (Fsp3) is 0.529. The van der Waals surface area contributed by atoms with Gasteiger partial charge in [-0.15, -0.1) is 0 Å². The number of benzene rings is 1. The van der Waals surface area contributed by atoms with Crippen molar-refractivity contribution >= 4 is 11.6 Å². The summed E-state index contributed by atoms with van der Waals surface area (Å²) < 4.78 is 5.41. The summed E-state index contributed by atoms with van der Waals surface area (Å²) in [5, 5.41) is 4.19. The number of hydrogen-bond acceptors (Lipinski definition) is 4. The third-order valence-corrected chi connectivity index (χ3v) is 3.75. The average molecular weight is 303 g/mol. The number of likely N-dealkylation sites (tertiary alicyclic amines) is 1. The second-order valence-electron chi connectivity index (χ2n) is 5.53. The van der Waals surface area contributed by atoms with Crippen LogP contribution in [0.3, 0.4) is 0 Å². The molecule has 1 heterocycles. The summed E-state index contributed by atoms with van der Waals surface area (Å²) in [7, 11) is 0. The zero-order chi connectivity index (χ0) is 15.8. The Morgan fingerprint density at radius 3 is 2.55 bits per heavy atom. The van der Waals surface area contributed by atoms with Crippen molar-refractivity contribution < 1.29 is 9.53 Å². The van der Waals surface area contributed by atoms with Crippen molar-refractivity contribution in [1.29, 1.82) is 0 Å². The fourth-order valence-electron chi connectivity index (χ4n) is 2.53. The summed E-state index contributed by atoms with van der Waals surface area (Å²) in [6.45, 7) is 6.94. The zero-order valence-electron chi connectivity index (χ0n) is 13.5. The maximum atomic E-state index is 11.9. The minimum Gasteiger partial charge on any atom is -0.494 e. The topological polar surface area (TPSA) is 53.9 Å². The van der Waals surface area contributed by atoms with Gasteiger partial charge in [0.25, 0.3) is 5.91 Å².